The van der Waals surface area contributed by atoms with Gasteiger partial charge in [-0.3, -0.25) is 9.59 Å². The second kappa shape index (κ2) is 8.52. The van der Waals surface area contributed by atoms with Gasteiger partial charge in [-0.1, -0.05) is 38.3 Å². The average Bonchev–Trinajstić information content (AvgIpc) is 3.01. The zero-order valence-electron chi connectivity index (χ0n) is 14.8. The van der Waals surface area contributed by atoms with Crippen LogP contribution in [0.15, 0.2) is 18.2 Å². The first-order valence-electron chi connectivity index (χ1n) is 8.90. The Kier molecular flexibility index (Phi) is 6.67. The number of anilines is 1. The molecule has 0 aromatic heterocycles. The van der Waals surface area contributed by atoms with Crippen LogP contribution in [-0.4, -0.2) is 36.3 Å². The number of benzene rings is 1. The predicted molar refractivity (Wildman–Crippen MR) is 98.7 cm³/mol. The number of carbonyl (C=O) groups excluding carboxylic acids is 2. The molecule has 1 fully saturated rings. The molecule has 1 aliphatic rings. The van der Waals surface area contributed by atoms with Crippen LogP contribution in [0.3, 0.4) is 0 Å². The molecule has 0 N–H and O–H groups in total. The molecule has 0 aliphatic carbocycles. The van der Waals surface area contributed by atoms with Crippen LogP contribution in [0.5, 0.6) is 0 Å². The van der Waals surface area contributed by atoms with Gasteiger partial charge in [-0.2, -0.15) is 0 Å². The fourth-order valence-corrected chi connectivity index (χ4v) is 3.36. The molecule has 0 bridgehead atoms. The standard InChI is InChI=1S/C19H27ClN2O2/c1-4-14(5-2)13-21(6-3)19(24)16-10-9-15(20)12-17(16)22-11-7-8-18(22)23/h9-10,12,14H,4-8,11,13H2,1-3H3. The Hall–Kier alpha value is -1.55. The van der Waals surface area contributed by atoms with E-state index in [-0.39, 0.29) is 11.8 Å². The first-order chi connectivity index (χ1) is 11.5. The van der Waals surface area contributed by atoms with E-state index in [1.54, 1.807) is 23.1 Å². The lowest BCUT2D eigenvalue weighted by Crippen LogP contribution is -2.36. The van der Waals surface area contributed by atoms with Crippen LogP contribution in [0.2, 0.25) is 5.02 Å². The van der Waals surface area contributed by atoms with E-state index in [4.69, 9.17) is 11.6 Å². The third-order valence-corrected chi connectivity index (χ3v) is 5.09. The number of rotatable bonds is 7. The fraction of sp³-hybridized carbons (Fsp3) is 0.579. The lowest BCUT2D eigenvalue weighted by atomic mass is 10.0. The lowest BCUT2D eigenvalue weighted by Gasteiger charge is -2.28. The zero-order valence-corrected chi connectivity index (χ0v) is 15.6. The number of halogens is 1. The first-order valence-corrected chi connectivity index (χ1v) is 9.28. The minimum atomic E-state index is -0.0178. The molecule has 132 valence electrons. The molecule has 5 heteroatoms. The minimum Gasteiger partial charge on any atom is -0.339 e. The molecule has 0 radical (unpaired) electrons. The average molecular weight is 351 g/mol. The van der Waals surface area contributed by atoms with Crippen LogP contribution in [0.4, 0.5) is 5.69 Å². The van der Waals surface area contributed by atoms with Crippen molar-refractivity contribution < 1.29 is 9.59 Å². The molecule has 4 nitrogen and oxygen atoms in total. The van der Waals surface area contributed by atoms with E-state index in [2.05, 4.69) is 13.8 Å². The van der Waals surface area contributed by atoms with Crippen LogP contribution in [-0.2, 0) is 4.79 Å². The molecule has 0 atom stereocenters. The molecule has 1 aromatic carbocycles. The highest BCUT2D eigenvalue weighted by molar-refractivity contribution is 6.31. The van der Waals surface area contributed by atoms with E-state index in [1.807, 2.05) is 11.8 Å². The van der Waals surface area contributed by atoms with Crippen LogP contribution in [0.1, 0.15) is 56.8 Å². The summed E-state index contributed by atoms with van der Waals surface area (Å²) >= 11 is 6.13. The monoisotopic (exact) mass is 350 g/mol. The summed E-state index contributed by atoms with van der Waals surface area (Å²) in [5.41, 5.74) is 1.22. The van der Waals surface area contributed by atoms with Crippen molar-refractivity contribution in [1.29, 1.82) is 0 Å². The molecule has 0 unspecified atom stereocenters. The Bertz CT molecular complexity index is 599. The molecule has 1 heterocycles. The maximum atomic E-state index is 13.1. The summed E-state index contributed by atoms with van der Waals surface area (Å²) in [6, 6.07) is 5.22. The summed E-state index contributed by atoms with van der Waals surface area (Å²) in [4.78, 5) is 28.8. The number of hydrogen-bond acceptors (Lipinski definition) is 2. The minimum absolute atomic E-state index is 0.0178. The number of carbonyl (C=O) groups is 2. The third kappa shape index (κ3) is 4.10. The highest BCUT2D eigenvalue weighted by atomic mass is 35.5. The van der Waals surface area contributed by atoms with Crippen molar-refractivity contribution in [3.63, 3.8) is 0 Å². The number of nitrogens with zero attached hydrogens (tertiary/aromatic N) is 2. The van der Waals surface area contributed by atoms with Crippen LogP contribution < -0.4 is 4.90 Å². The van der Waals surface area contributed by atoms with Gasteiger partial charge in [-0.25, -0.2) is 0 Å². The van der Waals surface area contributed by atoms with Crippen molar-refractivity contribution in [2.45, 2.75) is 46.5 Å². The van der Waals surface area contributed by atoms with Crippen molar-refractivity contribution in [2.75, 3.05) is 24.5 Å². The summed E-state index contributed by atoms with van der Waals surface area (Å²) in [6.45, 7) is 8.37. The highest BCUT2D eigenvalue weighted by Gasteiger charge is 2.28. The molecular formula is C19H27ClN2O2. The summed E-state index contributed by atoms with van der Waals surface area (Å²) in [5.74, 6) is 0.545. The highest BCUT2D eigenvalue weighted by Crippen LogP contribution is 2.30. The molecule has 0 saturated carbocycles. The molecule has 2 rings (SSSR count). The quantitative estimate of drug-likeness (QED) is 0.732. The second-order valence-corrected chi connectivity index (χ2v) is 6.77. The van der Waals surface area contributed by atoms with E-state index >= 15 is 0 Å². The maximum absolute atomic E-state index is 13.1. The van der Waals surface area contributed by atoms with Gasteiger partial charge in [0.05, 0.1) is 11.3 Å². The maximum Gasteiger partial charge on any atom is 0.255 e. The van der Waals surface area contributed by atoms with Gasteiger partial charge in [-0.05, 0) is 37.5 Å². The van der Waals surface area contributed by atoms with E-state index < -0.39 is 0 Å². The normalized spacial score (nSPS) is 14.5. The van der Waals surface area contributed by atoms with Crippen molar-refractivity contribution >= 4 is 29.1 Å². The van der Waals surface area contributed by atoms with Crippen molar-refractivity contribution in [3.8, 4) is 0 Å². The molecule has 24 heavy (non-hydrogen) atoms. The van der Waals surface area contributed by atoms with Gasteiger partial charge in [0.15, 0.2) is 0 Å². The summed E-state index contributed by atoms with van der Waals surface area (Å²) in [5, 5.41) is 0.546. The van der Waals surface area contributed by atoms with E-state index in [9.17, 15) is 9.59 Å². The van der Waals surface area contributed by atoms with Crippen LogP contribution in [0, 0.1) is 5.92 Å². The SMILES string of the molecule is CCC(CC)CN(CC)C(=O)c1ccc(Cl)cc1N1CCCC1=O. The smallest absolute Gasteiger partial charge is 0.255 e. The Labute approximate surface area is 149 Å². The first kappa shape index (κ1) is 18.8. The van der Waals surface area contributed by atoms with Crippen molar-refractivity contribution in [3.05, 3.63) is 28.8 Å². The topological polar surface area (TPSA) is 40.6 Å². The third-order valence-electron chi connectivity index (χ3n) is 4.86. The van der Waals surface area contributed by atoms with Gasteiger partial charge in [0, 0.05) is 31.1 Å². The van der Waals surface area contributed by atoms with Gasteiger partial charge in [0.1, 0.15) is 0 Å². The summed E-state index contributed by atoms with van der Waals surface area (Å²) in [6.07, 6.45) is 3.46. The number of amides is 2. The van der Waals surface area contributed by atoms with Crippen LogP contribution in [0.25, 0.3) is 0 Å². The Morgan fingerprint density at radius 3 is 2.54 bits per heavy atom. The van der Waals surface area contributed by atoms with Crippen molar-refractivity contribution in [1.82, 2.24) is 4.90 Å². The van der Waals surface area contributed by atoms with Gasteiger partial charge < -0.3 is 9.80 Å². The molecule has 1 aromatic rings. The molecule has 1 saturated heterocycles. The number of hydrogen-bond donors (Lipinski definition) is 0. The fourth-order valence-electron chi connectivity index (χ4n) is 3.20. The summed E-state index contributed by atoms with van der Waals surface area (Å²) in [7, 11) is 0. The van der Waals surface area contributed by atoms with Gasteiger partial charge in [0.2, 0.25) is 5.91 Å². The van der Waals surface area contributed by atoms with E-state index in [0.29, 0.717) is 41.7 Å². The second-order valence-electron chi connectivity index (χ2n) is 6.34. The van der Waals surface area contributed by atoms with E-state index in [0.717, 1.165) is 25.8 Å². The molecule has 2 amide bonds. The van der Waals surface area contributed by atoms with Gasteiger partial charge in [0.25, 0.3) is 5.91 Å². The van der Waals surface area contributed by atoms with Crippen molar-refractivity contribution in [2.24, 2.45) is 5.92 Å². The molecular weight excluding hydrogens is 324 g/mol. The van der Waals surface area contributed by atoms with Gasteiger partial charge >= 0.3 is 0 Å². The Balaban J connectivity index is 2.32. The zero-order chi connectivity index (χ0) is 17.7. The molecule has 1 aliphatic heterocycles. The summed E-state index contributed by atoms with van der Waals surface area (Å²) < 4.78 is 0. The molecule has 0 spiro atoms. The largest absolute Gasteiger partial charge is 0.339 e. The Morgan fingerprint density at radius 1 is 1.29 bits per heavy atom. The van der Waals surface area contributed by atoms with Gasteiger partial charge in [-0.15, -0.1) is 0 Å². The Morgan fingerprint density at radius 2 is 2.00 bits per heavy atom. The lowest BCUT2D eigenvalue weighted by molar-refractivity contribution is -0.117. The predicted octanol–water partition coefficient (Wildman–Crippen LogP) is 4.37. The van der Waals surface area contributed by atoms with Crippen LogP contribution >= 0.6 is 11.6 Å². The van der Waals surface area contributed by atoms with E-state index in [1.165, 1.54) is 0 Å².